The molecule has 1 N–H and O–H groups in total. The molecule has 0 saturated carbocycles. The zero-order chi connectivity index (χ0) is 27.7. The maximum atomic E-state index is 13.3. The predicted molar refractivity (Wildman–Crippen MR) is 146 cm³/mol. The molecule has 1 fully saturated rings. The molecule has 1 aliphatic heterocycles. The zero-order valence-corrected chi connectivity index (χ0v) is 22.7. The van der Waals surface area contributed by atoms with Gasteiger partial charge in [-0.3, -0.25) is 14.4 Å². The summed E-state index contributed by atoms with van der Waals surface area (Å²) >= 11 is 0. The first-order valence-electron chi connectivity index (χ1n) is 13.3. The first-order valence-corrected chi connectivity index (χ1v) is 13.3. The maximum Gasteiger partial charge on any atom is 0.308 e. The van der Waals surface area contributed by atoms with Gasteiger partial charge in [-0.1, -0.05) is 45.7 Å². The molecule has 1 unspecified atom stereocenters. The number of amides is 1. The minimum Gasteiger partial charge on any atom is -0.507 e. The lowest BCUT2D eigenvalue weighted by atomic mass is 9.95. The number of likely N-dealkylation sites (tertiary alicyclic amines) is 1. The molecule has 3 rings (SSSR count). The molecule has 2 aromatic carbocycles. The molecule has 38 heavy (non-hydrogen) atoms. The average Bonchev–Trinajstić information content (AvgIpc) is 3.16. The number of rotatable bonds is 13. The van der Waals surface area contributed by atoms with Gasteiger partial charge < -0.3 is 24.4 Å². The maximum absolute atomic E-state index is 13.3. The molecule has 0 aliphatic carbocycles. The van der Waals surface area contributed by atoms with E-state index in [1.165, 1.54) is 11.8 Å². The molecule has 1 saturated heterocycles. The van der Waals surface area contributed by atoms with Crippen molar-refractivity contribution in [3.8, 4) is 11.5 Å². The molecule has 8 nitrogen and oxygen atoms in total. The average molecular weight is 523 g/mol. The van der Waals surface area contributed by atoms with E-state index in [2.05, 4.69) is 11.8 Å². The summed E-state index contributed by atoms with van der Waals surface area (Å²) in [6.07, 6.45) is 3.15. The molecule has 1 amide bonds. The topological polar surface area (TPSA) is 96.4 Å². The smallest absolute Gasteiger partial charge is 0.308 e. The quantitative estimate of drug-likeness (QED) is 0.0994. The van der Waals surface area contributed by atoms with Crippen LogP contribution in [0.3, 0.4) is 0 Å². The van der Waals surface area contributed by atoms with E-state index in [1.807, 2.05) is 13.8 Å². The SMILES string of the molecule is CCCCCOc1ccc(/C(O)=C2/C(=O)C(=O)N(CCN(CC)CC)C2c2cccc(OC(C)=O)c2)cc1. The van der Waals surface area contributed by atoms with Gasteiger partial charge in [-0.05, 0) is 61.5 Å². The van der Waals surface area contributed by atoms with Crippen LogP contribution in [0.2, 0.25) is 0 Å². The van der Waals surface area contributed by atoms with Crippen molar-refractivity contribution in [3.05, 3.63) is 65.2 Å². The normalized spacial score (nSPS) is 16.8. The lowest BCUT2D eigenvalue weighted by molar-refractivity contribution is -0.140. The number of esters is 1. The fourth-order valence-corrected chi connectivity index (χ4v) is 4.57. The van der Waals surface area contributed by atoms with Gasteiger partial charge in [0.05, 0.1) is 18.2 Å². The van der Waals surface area contributed by atoms with Gasteiger partial charge in [-0.2, -0.15) is 0 Å². The third kappa shape index (κ3) is 7.01. The van der Waals surface area contributed by atoms with Crippen LogP contribution in [-0.4, -0.2) is 65.4 Å². The minimum atomic E-state index is -0.828. The van der Waals surface area contributed by atoms with Gasteiger partial charge >= 0.3 is 5.97 Å². The van der Waals surface area contributed by atoms with Gasteiger partial charge in [0.2, 0.25) is 0 Å². The third-order valence-corrected chi connectivity index (χ3v) is 6.67. The number of benzene rings is 2. The van der Waals surface area contributed by atoms with Crippen molar-refractivity contribution in [1.82, 2.24) is 9.80 Å². The summed E-state index contributed by atoms with van der Waals surface area (Å²) in [4.78, 5) is 41.7. The zero-order valence-electron chi connectivity index (χ0n) is 22.7. The molecule has 2 aromatic rings. The number of nitrogens with zero attached hydrogens (tertiary/aromatic N) is 2. The molecule has 204 valence electrons. The molecule has 1 aliphatic rings. The number of unbranched alkanes of at least 4 members (excludes halogenated alkanes) is 2. The van der Waals surface area contributed by atoms with Crippen LogP contribution in [0.5, 0.6) is 11.5 Å². The van der Waals surface area contributed by atoms with Gasteiger partial charge in [0.1, 0.15) is 17.3 Å². The Labute approximate surface area is 224 Å². The van der Waals surface area contributed by atoms with Crippen LogP contribution >= 0.6 is 0 Å². The second-order valence-electron chi connectivity index (χ2n) is 9.27. The summed E-state index contributed by atoms with van der Waals surface area (Å²) in [6.45, 7) is 10.6. The monoisotopic (exact) mass is 522 g/mol. The molecule has 0 aromatic heterocycles. The molecule has 0 radical (unpaired) electrons. The molecule has 8 heteroatoms. The summed E-state index contributed by atoms with van der Waals surface area (Å²) in [7, 11) is 0. The number of hydrogen-bond donors (Lipinski definition) is 1. The Morgan fingerprint density at radius 3 is 2.34 bits per heavy atom. The number of likely N-dealkylation sites (N-methyl/N-ethyl adjacent to an activating group) is 1. The molecule has 1 atom stereocenters. The highest BCUT2D eigenvalue weighted by molar-refractivity contribution is 6.46. The van der Waals surface area contributed by atoms with Crippen LogP contribution < -0.4 is 9.47 Å². The number of carbonyl (C=O) groups is 3. The van der Waals surface area contributed by atoms with Gasteiger partial charge in [-0.25, -0.2) is 0 Å². The van der Waals surface area contributed by atoms with Crippen molar-refractivity contribution in [2.45, 2.75) is 53.0 Å². The Morgan fingerprint density at radius 2 is 1.71 bits per heavy atom. The van der Waals surface area contributed by atoms with E-state index in [1.54, 1.807) is 48.5 Å². The van der Waals surface area contributed by atoms with Crippen molar-refractivity contribution in [2.75, 3.05) is 32.8 Å². The highest BCUT2D eigenvalue weighted by atomic mass is 16.5. The van der Waals surface area contributed by atoms with Crippen molar-refractivity contribution < 1.29 is 29.0 Å². The predicted octanol–water partition coefficient (Wildman–Crippen LogP) is 4.94. The van der Waals surface area contributed by atoms with Gasteiger partial charge in [-0.15, -0.1) is 0 Å². The van der Waals surface area contributed by atoms with E-state index >= 15 is 0 Å². The minimum absolute atomic E-state index is 0.00568. The number of carbonyl (C=O) groups excluding carboxylic acids is 3. The fraction of sp³-hybridized carbons (Fsp3) is 0.433. The van der Waals surface area contributed by atoms with E-state index < -0.39 is 23.7 Å². The van der Waals surface area contributed by atoms with Crippen LogP contribution in [-0.2, 0) is 14.4 Å². The summed E-state index contributed by atoms with van der Waals surface area (Å²) < 4.78 is 11.0. The number of Topliss-reactive ketones (excluding diaryl/α,β-unsaturated/α-hetero) is 1. The first-order chi connectivity index (χ1) is 18.3. The van der Waals surface area contributed by atoms with Crippen LogP contribution in [0.15, 0.2) is 54.1 Å². The van der Waals surface area contributed by atoms with Crippen LogP contribution in [0.4, 0.5) is 0 Å². The summed E-state index contributed by atoms with van der Waals surface area (Å²) in [5.41, 5.74) is 0.986. The first kappa shape index (κ1) is 28.9. The van der Waals surface area contributed by atoms with Crippen molar-refractivity contribution >= 4 is 23.4 Å². The van der Waals surface area contributed by atoms with E-state index in [0.29, 0.717) is 42.3 Å². The Balaban J connectivity index is 2.00. The van der Waals surface area contributed by atoms with E-state index in [0.717, 1.165) is 32.4 Å². The number of ketones is 1. The lowest BCUT2D eigenvalue weighted by Crippen LogP contribution is -2.38. The summed E-state index contributed by atoms with van der Waals surface area (Å²) in [5, 5.41) is 11.3. The van der Waals surface area contributed by atoms with Crippen molar-refractivity contribution in [1.29, 1.82) is 0 Å². The second-order valence-corrected chi connectivity index (χ2v) is 9.27. The number of aliphatic hydroxyl groups excluding tert-OH is 1. The standard InChI is InChI=1S/C30H38N2O6/c1-5-8-9-19-37-24-15-13-22(14-16-24)28(34)26-27(23-11-10-12-25(20-23)38-21(4)33)32(30(36)29(26)35)18-17-31(6-2)7-3/h10-16,20,27,34H,5-9,17-19H2,1-4H3/b28-26-. The third-order valence-electron chi connectivity index (χ3n) is 6.67. The Bertz CT molecular complexity index is 1150. The van der Waals surface area contributed by atoms with Crippen molar-refractivity contribution in [3.63, 3.8) is 0 Å². The Kier molecular flexibility index (Phi) is 10.5. The van der Waals surface area contributed by atoms with E-state index in [9.17, 15) is 19.5 Å². The lowest BCUT2D eigenvalue weighted by Gasteiger charge is -2.28. The van der Waals surface area contributed by atoms with Crippen molar-refractivity contribution in [2.24, 2.45) is 0 Å². The van der Waals surface area contributed by atoms with Gasteiger partial charge in [0.25, 0.3) is 11.7 Å². The van der Waals surface area contributed by atoms with Crippen LogP contribution in [0.25, 0.3) is 5.76 Å². The molecule has 0 bridgehead atoms. The summed E-state index contributed by atoms with van der Waals surface area (Å²) in [5.74, 6) is -1.18. The Morgan fingerprint density at radius 1 is 1.00 bits per heavy atom. The van der Waals surface area contributed by atoms with Gasteiger partial charge in [0, 0.05) is 25.6 Å². The largest absolute Gasteiger partial charge is 0.507 e. The highest BCUT2D eigenvalue weighted by Gasteiger charge is 2.46. The Hall–Kier alpha value is -3.65. The number of aliphatic hydroxyl groups is 1. The van der Waals surface area contributed by atoms with E-state index in [-0.39, 0.29) is 11.3 Å². The summed E-state index contributed by atoms with van der Waals surface area (Å²) in [6, 6.07) is 12.7. The second kappa shape index (κ2) is 13.8. The van der Waals surface area contributed by atoms with Crippen LogP contribution in [0, 0.1) is 0 Å². The molecule has 1 heterocycles. The molecular weight excluding hydrogens is 484 g/mol. The van der Waals surface area contributed by atoms with E-state index in [4.69, 9.17) is 9.47 Å². The number of hydrogen-bond acceptors (Lipinski definition) is 7. The number of ether oxygens (including phenoxy) is 2. The van der Waals surface area contributed by atoms with Gasteiger partial charge in [0.15, 0.2) is 0 Å². The molecule has 0 spiro atoms. The molecular formula is C30H38N2O6. The highest BCUT2D eigenvalue weighted by Crippen LogP contribution is 2.40. The fourth-order valence-electron chi connectivity index (χ4n) is 4.57. The van der Waals surface area contributed by atoms with Crippen LogP contribution in [0.1, 0.15) is 64.1 Å².